The molecule has 2 aliphatic rings. The number of hydrogen-bond donors (Lipinski definition) is 0. The molecule has 25 heavy (non-hydrogen) atoms. The van der Waals surface area contributed by atoms with Gasteiger partial charge in [-0.2, -0.15) is 0 Å². The standard InChI is InChI=1S/C20H29N3O2/c1-17(24)21-11-13-22(14-12-21)20(25)16-23-10-6-5-9-19(23)15-18-7-3-2-4-8-18/h2-4,7-8,19H,5-6,9-16H2,1H3/t19-/m0/s1. The molecule has 2 heterocycles. The fourth-order valence-electron chi connectivity index (χ4n) is 3.93. The highest BCUT2D eigenvalue weighted by Gasteiger charge is 2.28. The molecule has 0 saturated carbocycles. The van der Waals surface area contributed by atoms with E-state index in [1.165, 1.54) is 24.8 Å². The van der Waals surface area contributed by atoms with Crippen molar-refractivity contribution in [1.29, 1.82) is 0 Å². The van der Waals surface area contributed by atoms with Gasteiger partial charge in [0.25, 0.3) is 0 Å². The summed E-state index contributed by atoms with van der Waals surface area (Å²) in [6, 6.07) is 11.0. The van der Waals surface area contributed by atoms with Crippen LogP contribution in [0.25, 0.3) is 0 Å². The number of carbonyl (C=O) groups is 2. The van der Waals surface area contributed by atoms with Crippen molar-refractivity contribution < 1.29 is 9.59 Å². The first-order valence-corrected chi connectivity index (χ1v) is 9.45. The summed E-state index contributed by atoms with van der Waals surface area (Å²) in [6.07, 6.45) is 4.61. The number of likely N-dealkylation sites (tertiary alicyclic amines) is 1. The largest absolute Gasteiger partial charge is 0.339 e. The fraction of sp³-hybridized carbons (Fsp3) is 0.600. The third-order valence-corrected chi connectivity index (χ3v) is 5.48. The molecular weight excluding hydrogens is 314 g/mol. The molecule has 5 nitrogen and oxygen atoms in total. The van der Waals surface area contributed by atoms with Crippen LogP contribution >= 0.6 is 0 Å². The van der Waals surface area contributed by atoms with Crippen LogP contribution in [0.5, 0.6) is 0 Å². The van der Waals surface area contributed by atoms with E-state index < -0.39 is 0 Å². The van der Waals surface area contributed by atoms with Crippen LogP contribution in [0.4, 0.5) is 0 Å². The maximum atomic E-state index is 12.7. The number of carbonyl (C=O) groups excluding carboxylic acids is 2. The molecule has 0 aliphatic carbocycles. The second-order valence-corrected chi connectivity index (χ2v) is 7.20. The second kappa shape index (κ2) is 8.48. The Kier molecular flexibility index (Phi) is 6.08. The van der Waals surface area contributed by atoms with Crippen molar-refractivity contribution in [2.75, 3.05) is 39.3 Å². The zero-order valence-electron chi connectivity index (χ0n) is 15.2. The van der Waals surface area contributed by atoms with Crippen LogP contribution in [-0.4, -0.2) is 71.8 Å². The number of nitrogens with zero attached hydrogens (tertiary/aromatic N) is 3. The molecular formula is C20H29N3O2. The molecule has 0 unspecified atom stereocenters. The minimum absolute atomic E-state index is 0.103. The van der Waals surface area contributed by atoms with Crippen LogP contribution in [0, 0.1) is 0 Å². The number of rotatable bonds is 4. The van der Waals surface area contributed by atoms with Gasteiger partial charge in [-0.05, 0) is 31.4 Å². The highest BCUT2D eigenvalue weighted by Crippen LogP contribution is 2.21. The molecule has 0 radical (unpaired) electrons. The van der Waals surface area contributed by atoms with E-state index >= 15 is 0 Å². The summed E-state index contributed by atoms with van der Waals surface area (Å²) in [5.41, 5.74) is 1.35. The van der Waals surface area contributed by atoms with Crippen LogP contribution in [0.2, 0.25) is 0 Å². The van der Waals surface area contributed by atoms with Gasteiger partial charge in [-0.1, -0.05) is 36.8 Å². The SMILES string of the molecule is CC(=O)N1CCN(C(=O)CN2CCCC[C@H]2Cc2ccccc2)CC1. The molecule has 0 bridgehead atoms. The summed E-state index contributed by atoms with van der Waals surface area (Å²) in [5.74, 6) is 0.314. The van der Waals surface area contributed by atoms with Gasteiger partial charge in [0.05, 0.1) is 6.54 Å². The van der Waals surface area contributed by atoms with Crippen molar-refractivity contribution in [2.24, 2.45) is 0 Å². The maximum Gasteiger partial charge on any atom is 0.236 e. The normalized spacial score (nSPS) is 22.0. The van der Waals surface area contributed by atoms with Crippen molar-refractivity contribution in [3.8, 4) is 0 Å². The lowest BCUT2D eigenvalue weighted by Gasteiger charge is -2.39. The van der Waals surface area contributed by atoms with Crippen LogP contribution in [0.15, 0.2) is 30.3 Å². The molecule has 2 aliphatic heterocycles. The Morgan fingerprint density at radius 3 is 2.32 bits per heavy atom. The van der Waals surface area contributed by atoms with Crippen LogP contribution in [-0.2, 0) is 16.0 Å². The van der Waals surface area contributed by atoms with E-state index in [0.717, 1.165) is 13.0 Å². The molecule has 0 spiro atoms. The first kappa shape index (κ1) is 17.9. The van der Waals surface area contributed by atoms with Gasteiger partial charge in [0.2, 0.25) is 11.8 Å². The number of hydrogen-bond acceptors (Lipinski definition) is 3. The zero-order valence-corrected chi connectivity index (χ0v) is 15.2. The Labute approximate surface area is 150 Å². The fourth-order valence-corrected chi connectivity index (χ4v) is 3.93. The summed E-state index contributed by atoms with van der Waals surface area (Å²) in [4.78, 5) is 30.3. The highest BCUT2D eigenvalue weighted by molar-refractivity contribution is 5.79. The topological polar surface area (TPSA) is 43.9 Å². The summed E-state index contributed by atoms with van der Waals surface area (Å²) >= 11 is 0. The number of benzene rings is 1. The van der Waals surface area contributed by atoms with E-state index in [9.17, 15) is 9.59 Å². The molecule has 2 saturated heterocycles. The zero-order chi connectivity index (χ0) is 17.6. The average molecular weight is 343 g/mol. The lowest BCUT2D eigenvalue weighted by molar-refractivity contribution is -0.139. The molecule has 1 aromatic carbocycles. The second-order valence-electron chi connectivity index (χ2n) is 7.20. The van der Waals surface area contributed by atoms with Crippen LogP contribution in [0.3, 0.4) is 0 Å². The quantitative estimate of drug-likeness (QED) is 0.837. The van der Waals surface area contributed by atoms with E-state index in [0.29, 0.717) is 38.8 Å². The third-order valence-electron chi connectivity index (χ3n) is 5.48. The summed E-state index contributed by atoms with van der Waals surface area (Å²) in [5, 5.41) is 0. The average Bonchev–Trinajstić information content (AvgIpc) is 2.64. The molecule has 136 valence electrons. The minimum atomic E-state index is 0.103. The van der Waals surface area contributed by atoms with Crippen molar-refractivity contribution in [1.82, 2.24) is 14.7 Å². The Morgan fingerprint density at radius 2 is 1.64 bits per heavy atom. The van der Waals surface area contributed by atoms with E-state index in [-0.39, 0.29) is 11.8 Å². The van der Waals surface area contributed by atoms with Crippen LogP contribution < -0.4 is 0 Å². The van der Waals surface area contributed by atoms with Gasteiger partial charge in [-0.15, -0.1) is 0 Å². The molecule has 2 amide bonds. The van der Waals surface area contributed by atoms with Gasteiger partial charge < -0.3 is 9.80 Å². The molecule has 2 fully saturated rings. The highest BCUT2D eigenvalue weighted by atomic mass is 16.2. The number of amides is 2. The van der Waals surface area contributed by atoms with Gasteiger partial charge >= 0.3 is 0 Å². The number of piperidine rings is 1. The lowest BCUT2D eigenvalue weighted by Crippen LogP contribution is -2.53. The van der Waals surface area contributed by atoms with Gasteiger partial charge in [0, 0.05) is 39.1 Å². The summed E-state index contributed by atoms with van der Waals surface area (Å²) < 4.78 is 0. The Bertz CT molecular complexity index is 582. The molecule has 3 rings (SSSR count). The van der Waals surface area contributed by atoms with Crippen LogP contribution in [0.1, 0.15) is 31.7 Å². The Balaban J connectivity index is 1.54. The molecule has 5 heteroatoms. The molecule has 1 atom stereocenters. The van der Waals surface area contributed by atoms with Crippen molar-refractivity contribution in [2.45, 2.75) is 38.6 Å². The molecule has 0 aromatic heterocycles. The summed E-state index contributed by atoms with van der Waals surface area (Å²) in [6.45, 7) is 5.77. The van der Waals surface area contributed by atoms with Gasteiger partial charge in [0.15, 0.2) is 0 Å². The van der Waals surface area contributed by atoms with E-state index in [1.54, 1.807) is 6.92 Å². The lowest BCUT2D eigenvalue weighted by atomic mass is 9.95. The predicted octanol–water partition coefficient (Wildman–Crippen LogP) is 1.77. The monoisotopic (exact) mass is 343 g/mol. The van der Waals surface area contributed by atoms with E-state index in [4.69, 9.17) is 0 Å². The third kappa shape index (κ3) is 4.82. The number of piperazine rings is 1. The van der Waals surface area contributed by atoms with E-state index in [1.807, 2.05) is 15.9 Å². The van der Waals surface area contributed by atoms with Gasteiger partial charge in [0.1, 0.15) is 0 Å². The van der Waals surface area contributed by atoms with Gasteiger partial charge in [-0.25, -0.2) is 0 Å². The van der Waals surface area contributed by atoms with Gasteiger partial charge in [-0.3, -0.25) is 14.5 Å². The Morgan fingerprint density at radius 1 is 0.960 bits per heavy atom. The first-order chi connectivity index (χ1) is 12.1. The van der Waals surface area contributed by atoms with Crippen molar-refractivity contribution in [3.63, 3.8) is 0 Å². The smallest absolute Gasteiger partial charge is 0.236 e. The van der Waals surface area contributed by atoms with E-state index in [2.05, 4.69) is 29.2 Å². The maximum absolute atomic E-state index is 12.7. The Hall–Kier alpha value is -1.88. The predicted molar refractivity (Wildman–Crippen MR) is 98.2 cm³/mol. The molecule has 1 aromatic rings. The first-order valence-electron chi connectivity index (χ1n) is 9.45. The van der Waals surface area contributed by atoms with Crippen molar-refractivity contribution >= 4 is 11.8 Å². The molecule has 0 N–H and O–H groups in total. The van der Waals surface area contributed by atoms with Crippen molar-refractivity contribution in [3.05, 3.63) is 35.9 Å². The summed E-state index contributed by atoms with van der Waals surface area (Å²) in [7, 11) is 0. The minimum Gasteiger partial charge on any atom is -0.339 e.